The normalized spacial score (nSPS) is 14.8. The number of anilines is 2. The van der Waals surface area contributed by atoms with Gasteiger partial charge in [-0.15, -0.1) is 0 Å². The molecule has 0 saturated carbocycles. The number of hydrogen-bond acceptors (Lipinski definition) is 4. The van der Waals surface area contributed by atoms with E-state index in [9.17, 15) is 4.79 Å². The van der Waals surface area contributed by atoms with Gasteiger partial charge in [-0.05, 0) is 43.5 Å². The quantitative estimate of drug-likeness (QED) is 0.794. The Labute approximate surface area is 168 Å². The smallest absolute Gasteiger partial charge is 0.238 e. The lowest BCUT2D eigenvalue weighted by Gasteiger charge is -2.36. The van der Waals surface area contributed by atoms with Crippen molar-refractivity contribution in [2.45, 2.75) is 27.2 Å². The second-order valence-electron chi connectivity index (χ2n) is 7.17. The van der Waals surface area contributed by atoms with Crippen molar-refractivity contribution in [2.75, 3.05) is 49.5 Å². The summed E-state index contributed by atoms with van der Waals surface area (Å²) >= 11 is 0. The predicted molar refractivity (Wildman–Crippen MR) is 115 cm³/mol. The molecular formula is C23H31N3O2. The van der Waals surface area contributed by atoms with Crippen LogP contribution in [0.25, 0.3) is 0 Å². The van der Waals surface area contributed by atoms with Gasteiger partial charge in [0.25, 0.3) is 0 Å². The Morgan fingerprint density at radius 2 is 1.79 bits per heavy atom. The summed E-state index contributed by atoms with van der Waals surface area (Å²) < 4.78 is 5.76. The standard InChI is InChI=1S/C23H31N3O2/c1-4-19-10-8-9-18(3)23(19)24-22(27)17-25-13-15-26(16-14-25)20-11-6-7-12-21(20)28-5-2/h6-12H,4-5,13-17H2,1-3H3,(H,24,27). The maximum atomic E-state index is 12.6. The number of carbonyl (C=O) groups excluding carboxylic acids is 1. The number of benzene rings is 2. The number of hydrogen-bond donors (Lipinski definition) is 1. The van der Waals surface area contributed by atoms with Crippen molar-refractivity contribution >= 4 is 17.3 Å². The number of carbonyl (C=O) groups is 1. The van der Waals surface area contributed by atoms with Crippen molar-refractivity contribution in [3.63, 3.8) is 0 Å². The minimum atomic E-state index is 0.0622. The first-order chi connectivity index (χ1) is 13.6. The number of nitrogens with one attached hydrogen (secondary N) is 1. The van der Waals surface area contributed by atoms with Crippen molar-refractivity contribution in [3.05, 3.63) is 53.6 Å². The fraction of sp³-hybridized carbons (Fsp3) is 0.435. The summed E-state index contributed by atoms with van der Waals surface area (Å²) in [5.74, 6) is 0.995. The Morgan fingerprint density at radius 1 is 1.04 bits per heavy atom. The highest BCUT2D eigenvalue weighted by molar-refractivity contribution is 5.93. The minimum Gasteiger partial charge on any atom is -0.492 e. The van der Waals surface area contributed by atoms with Crippen LogP contribution in [0.1, 0.15) is 25.0 Å². The minimum absolute atomic E-state index is 0.0622. The van der Waals surface area contributed by atoms with E-state index in [1.165, 1.54) is 5.56 Å². The number of rotatable bonds is 7. The Hall–Kier alpha value is -2.53. The molecule has 5 nitrogen and oxygen atoms in total. The molecule has 0 atom stereocenters. The number of piperazine rings is 1. The van der Waals surface area contributed by atoms with Crippen molar-refractivity contribution < 1.29 is 9.53 Å². The zero-order valence-corrected chi connectivity index (χ0v) is 17.2. The average Bonchev–Trinajstić information content (AvgIpc) is 2.71. The maximum Gasteiger partial charge on any atom is 0.238 e. The molecule has 2 aromatic carbocycles. The van der Waals surface area contributed by atoms with Crippen LogP contribution in [0, 0.1) is 6.92 Å². The molecule has 5 heteroatoms. The van der Waals surface area contributed by atoms with Gasteiger partial charge in [-0.3, -0.25) is 9.69 Å². The second kappa shape index (κ2) is 9.60. The molecular weight excluding hydrogens is 350 g/mol. The van der Waals surface area contributed by atoms with Gasteiger partial charge in [-0.2, -0.15) is 0 Å². The molecule has 150 valence electrons. The molecule has 0 bridgehead atoms. The van der Waals surface area contributed by atoms with E-state index in [1.54, 1.807) is 0 Å². The van der Waals surface area contributed by atoms with Crippen LogP contribution in [-0.2, 0) is 11.2 Å². The largest absolute Gasteiger partial charge is 0.492 e. The van der Waals surface area contributed by atoms with Gasteiger partial charge < -0.3 is 15.0 Å². The second-order valence-corrected chi connectivity index (χ2v) is 7.17. The van der Waals surface area contributed by atoms with Crippen LogP contribution in [0.5, 0.6) is 5.75 Å². The first-order valence-electron chi connectivity index (χ1n) is 10.2. The highest BCUT2D eigenvalue weighted by Gasteiger charge is 2.21. The molecule has 1 heterocycles. The van der Waals surface area contributed by atoms with Gasteiger partial charge in [0.05, 0.1) is 18.8 Å². The maximum absolute atomic E-state index is 12.6. The molecule has 1 amide bonds. The molecule has 3 rings (SSSR count). The lowest BCUT2D eigenvalue weighted by Crippen LogP contribution is -2.48. The van der Waals surface area contributed by atoms with E-state index in [4.69, 9.17) is 4.74 Å². The number of ether oxygens (including phenoxy) is 1. The molecule has 0 aliphatic carbocycles. The van der Waals surface area contributed by atoms with Gasteiger partial charge >= 0.3 is 0 Å². The number of para-hydroxylation sites is 3. The predicted octanol–water partition coefficient (Wildman–Crippen LogP) is 3.72. The summed E-state index contributed by atoms with van der Waals surface area (Å²) in [6.07, 6.45) is 0.912. The molecule has 1 saturated heterocycles. The molecule has 0 unspecified atom stereocenters. The van der Waals surface area contributed by atoms with Crippen LogP contribution < -0.4 is 15.0 Å². The van der Waals surface area contributed by atoms with Crippen LogP contribution in [0.2, 0.25) is 0 Å². The van der Waals surface area contributed by atoms with E-state index in [0.29, 0.717) is 13.2 Å². The Balaban J connectivity index is 1.56. The summed E-state index contributed by atoms with van der Waals surface area (Å²) in [7, 11) is 0. The third-order valence-electron chi connectivity index (χ3n) is 5.25. The van der Waals surface area contributed by atoms with E-state index in [0.717, 1.165) is 55.3 Å². The lowest BCUT2D eigenvalue weighted by atomic mass is 10.1. The number of aryl methyl sites for hydroxylation is 2. The molecule has 1 aliphatic rings. The number of amides is 1. The Bertz CT molecular complexity index is 798. The molecule has 0 radical (unpaired) electrons. The highest BCUT2D eigenvalue weighted by atomic mass is 16.5. The van der Waals surface area contributed by atoms with Crippen molar-refractivity contribution in [1.29, 1.82) is 0 Å². The van der Waals surface area contributed by atoms with Crippen LogP contribution in [0.4, 0.5) is 11.4 Å². The number of nitrogens with zero attached hydrogens (tertiary/aromatic N) is 2. The molecule has 0 aromatic heterocycles. The first kappa shape index (κ1) is 20.2. The fourth-order valence-corrected chi connectivity index (χ4v) is 3.73. The van der Waals surface area contributed by atoms with Gasteiger partial charge in [0.1, 0.15) is 5.75 Å². The average molecular weight is 382 g/mol. The third kappa shape index (κ3) is 4.84. The van der Waals surface area contributed by atoms with Gasteiger partial charge in [-0.1, -0.05) is 37.3 Å². The van der Waals surface area contributed by atoms with E-state index in [1.807, 2.05) is 44.2 Å². The molecule has 0 spiro atoms. The van der Waals surface area contributed by atoms with Gasteiger partial charge in [-0.25, -0.2) is 0 Å². The highest BCUT2D eigenvalue weighted by Crippen LogP contribution is 2.28. The van der Waals surface area contributed by atoms with Crippen LogP contribution in [-0.4, -0.2) is 50.1 Å². The Kier molecular flexibility index (Phi) is 6.93. The zero-order valence-electron chi connectivity index (χ0n) is 17.2. The molecule has 28 heavy (non-hydrogen) atoms. The summed E-state index contributed by atoms with van der Waals surface area (Å²) in [4.78, 5) is 17.2. The van der Waals surface area contributed by atoms with Crippen molar-refractivity contribution in [3.8, 4) is 5.75 Å². The lowest BCUT2D eigenvalue weighted by molar-refractivity contribution is -0.117. The summed E-state index contributed by atoms with van der Waals surface area (Å²) in [6, 6.07) is 14.4. The summed E-state index contributed by atoms with van der Waals surface area (Å²) in [6.45, 7) is 10.8. The SMILES string of the molecule is CCOc1ccccc1N1CCN(CC(=O)Nc2c(C)cccc2CC)CC1. The van der Waals surface area contributed by atoms with Gasteiger partial charge in [0.15, 0.2) is 0 Å². The van der Waals surface area contributed by atoms with Crippen LogP contribution >= 0.6 is 0 Å². The summed E-state index contributed by atoms with van der Waals surface area (Å²) in [5, 5.41) is 3.13. The monoisotopic (exact) mass is 381 g/mol. The van der Waals surface area contributed by atoms with Gasteiger partial charge in [0, 0.05) is 31.9 Å². The van der Waals surface area contributed by atoms with Crippen LogP contribution in [0.3, 0.4) is 0 Å². The zero-order chi connectivity index (χ0) is 19.9. The van der Waals surface area contributed by atoms with E-state index >= 15 is 0 Å². The molecule has 2 aromatic rings. The van der Waals surface area contributed by atoms with E-state index < -0.39 is 0 Å². The Morgan fingerprint density at radius 3 is 2.50 bits per heavy atom. The summed E-state index contributed by atoms with van der Waals surface area (Å²) in [5.41, 5.74) is 4.41. The molecule has 1 N–H and O–H groups in total. The fourth-order valence-electron chi connectivity index (χ4n) is 3.73. The van der Waals surface area contributed by atoms with E-state index in [2.05, 4.69) is 34.2 Å². The van der Waals surface area contributed by atoms with Crippen molar-refractivity contribution in [2.24, 2.45) is 0 Å². The molecule has 1 fully saturated rings. The topological polar surface area (TPSA) is 44.8 Å². The molecule has 1 aliphatic heterocycles. The van der Waals surface area contributed by atoms with Gasteiger partial charge in [0.2, 0.25) is 5.91 Å². The first-order valence-corrected chi connectivity index (χ1v) is 10.2. The van der Waals surface area contributed by atoms with Crippen molar-refractivity contribution in [1.82, 2.24) is 4.90 Å². The third-order valence-corrected chi connectivity index (χ3v) is 5.25. The van der Waals surface area contributed by atoms with Crippen LogP contribution in [0.15, 0.2) is 42.5 Å². The van der Waals surface area contributed by atoms with E-state index in [-0.39, 0.29) is 5.91 Å².